The van der Waals surface area contributed by atoms with E-state index in [9.17, 15) is 13.2 Å². The van der Waals surface area contributed by atoms with Gasteiger partial charge in [-0.05, 0) is 6.07 Å². The van der Waals surface area contributed by atoms with Gasteiger partial charge in [0, 0.05) is 30.9 Å². The summed E-state index contributed by atoms with van der Waals surface area (Å²) in [4.78, 5) is 22.8. The molecule has 0 radical (unpaired) electrons. The lowest BCUT2D eigenvalue weighted by atomic mass is 10.7. The zero-order valence-electron chi connectivity index (χ0n) is 9.72. The van der Waals surface area contributed by atoms with Gasteiger partial charge in [-0.25, -0.2) is 19.7 Å². The Balaban J connectivity index is 2.34. The summed E-state index contributed by atoms with van der Waals surface area (Å²) in [7, 11) is -4.14. The molecule has 0 saturated heterocycles. The van der Waals surface area contributed by atoms with E-state index in [1.807, 2.05) is 0 Å². The lowest BCUT2D eigenvalue weighted by Crippen LogP contribution is -2.39. The second-order valence-corrected chi connectivity index (χ2v) is 5.67. The third-order valence-corrected chi connectivity index (χ3v) is 4.13. The van der Waals surface area contributed by atoms with Crippen LogP contribution in [0.2, 0.25) is 0 Å². The van der Waals surface area contributed by atoms with Crippen LogP contribution in [0.25, 0.3) is 0 Å². The van der Waals surface area contributed by atoms with Gasteiger partial charge in [-0.15, -0.1) is 11.3 Å². The van der Waals surface area contributed by atoms with Gasteiger partial charge in [-0.2, -0.15) is 12.7 Å². The lowest BCUT2D eigenvalue weighted by Gasteiger charge is -2.17. The second-order valence-electron chi connectivity index (χ2n) is 3.28. The molecule has 0 atom stereocenters. The molecule has 0 aliphatic heterocycles. The molecule has 19 heavy (non-hydrogen) atoms. The number of hydrogen-bond acceptors (Lipinski definition) is 7. The number of aromatic nitrogens is 3. The smallest absolute Gasteiger partial charge is 0.274 e. The van der Waals surface area contributed by atoms with Crippen molar-refractivity contribution in [3.8, 4) is 0 Å². The molecule has 100 valence electrons. The minimum Gasteiger partial charge on any atom is -0.274 e. The van der Waals surface area contributed by atoms with E-state index in [4.69, 9.17) is 0 Å². The summed E-state index contributed by atoms with van der Waals surface area (Å²) in [5, 5.41) is 1.62. The fraction of sp³-hybridized carbons (Fsp3) is 0.111. The maximum absolute atomic E-state index is 12.1. The Morgan fingerprint density at radius 2 is 1.95 bits per heavy atom. The summed E-state index contributed by atoms with van der Waals surface area (Å²) >= 11 is 1.03. The lowest BCUT2D eigenvalue weighted by molar-refractivity contribution is -0.115. The topological polar surface area (TPSA) is 105 Å². The molecule has 8 nitrogen and oxygen atoms in total. The molecular weight excluding hydrogens is 290 g/mol. The first-order valence-electron chi connectivity index (χ1n) is 5.01. The summed E-state index contributed by atoms with van der Waals surface area (Å²) < 4.78 is 26.9. The molecule has 0 saturated carbocycles. The summed E-state index contributed by atoms with van der Waals surface area (Å²) in [6.45, 7) is 1.13. The molecule has 0 spiro atoms. The molecule has 0 aromatic carbocycles. The van der Waals surface area contributed by atoms with E-state index in [1.54, 1.807) is 11.4 Å². The van der Waals surface area contributed by atoms with Crippen LogP contribution in [0.4, 0.5) is 11.1 Å². The SMILES string of the molecule is CC(=O)N(c1nccs1)S(=O)(=O)Nc1ncccn1. The predicted molar refractivity (Wildman–Crippen MR) is 69.8 cm³/mol. The number of carbonyl (C=O) groups excluding carboxylic acids is 1. The first kappa shape index (κ1) is 13.4. The van der Waals surface area contributed by atoms with E-state index in [2.05, 4.69) is 19.7 Å². The molecule has 1 N–H and O–H groups in total. The van der Waals surface area contributed by atoms with Gasteiger partial charge in [0.05, 0.1) is 0 Å². The first-order valence-corrected chi connectivity index (χ1v) is 7.33. The fourth-order valence-corrected chi connectivity index (χ4v) is 3.27. The summed E-state index contributed by atoms with van der Waals surface area (Å²) in [6, 6.07) is 1.54. The molecule has 1 amide bonds. The Morgan fingerprint density at radius 3 is 2.47 bits per heavy atom. The van der Waals surface area contributed by atoms with Crippen LogP contribution in [0.15, 0.2) is 30.0 Å². The number of nitrogens with one attached hydrogen (secondary N) is 1. The maximum Gasteiger partial charge on any atom is 0.334 e. The Kier molecular flexibility index (Phi) is 3.71. The minimum atomic E-state index is -4.14. The van der Waals surface area contributed by atoms with Crippen LogP contribution in [-0.4, -0.2) is 29.3 Å². The van der Waals surface area contributed by atoms with Crippen molar-refractivity contribution in [3.05, 3.63) is 30.0 Å². The van der Waals surface area contributed by atoms with E-state index in [0.29, 0.717) is 4.31 Å². The Bertz CT molecular complexity index is 656. The quantitative estimate of drug-likeness (QED) is 0.888. The van der Waals surface area contributed by atoms with E-state index in [1.165, 1.54) is 18.6 Å². The van der Waals surface area contributed by atoms with Crippen molar-refractivity contribution in [2.75, 3.05) is 9.03 Å². The molecule has 2 aromatic heterocycles. The molecule has 0 unspecified atom stereocenters. The number of hydrogen-bond donors (Lipinski definition) is 1. The second kappa shape index (κ2) is 5.28. The van der Waals surface area contributed by atoms with Crippen molar-refractivity contribution in [1.29, 1.82) is 0 Å². The van der Waals surface area contributed by atoms with Crippen LogP contribution >= 0.6 is 11.3 Å². The molecule has 0 aliphatic carbocycles. The number of carbonyl (C=O) groups is 1. The zero-order chi connectivity index (χ0) is 13.9. The molecule has 0 aliphatic rings. The Labute approximate surface area is 113 Å². The van der Waals surface area contributed by atoms with Crippen LogP contribution in [0.5, 0.6) is 0 Å². The molecule has 0 bridgehead atoms. The van der Waals surface area contributed by atoms with Crippen LogP contribution in [0.3, 0.4) is 0 Å². The number of rotatable bonds is 4. The summed E-state index contributed by atoms with van der Waals surface area (Å²) in [5.74, 6) is -0.802. The van der Waals surface area contributed by atoms with Gasteiger partial charge in [0.25, 0.3) is 0 Å². The highest BCUT2D eigenvalue weighted by molar-refractivity contribution is 7.95. The normalized spacial score (nSPS) is 11.0. The van der Waals surface area contributed by atoms with Crippen molar-refractivity contribution in [2.24, 2.45) is 0 Å². The number of amides is 1. The maximum atomic E-state index is 12.1. The number of nitrogens with zero attached hydrogens (tertiary/aromatic N) is 4. The van der Waals surface area contributed by atoms with Crippen LogP contribution in [-0.2, 0) is 15.0 Å². The van der Waals surface area contributed by atoms with E-state index >= 15 is 0 Å². The third-order valence-electron chi connectivity index (χ3n) is 1.91. The number of anilines is 2. The molecule has 0 fully saturated rings. The molecule has 2 rings (SSSR count). The zero-order valence-corrected chi connectivity index (χ0v) is 11.3. The first-order chi connectivity index (χ1) is 9.00. The van der Waals surface area contributed by atoms with Gasteiger partial charge in [-0.1, -0.05) is 0 Å². The van der Waals surface area contributed by atoms with E-state index < -0.39 is 16.1 Å². The van der Waals surface area contributed by atoms with E-state index in [0.717, 1.165) is 18.3 Å². The average molecular weight is 299 g/mol. The predicted octanol–water partition coefficient (Wildman–Crippen LogP) is 0.643. The minimum absolute atomic E-state index is 0.0518. The number of thiazole rings is 1. The van der Waals surface area contributed by atoms with Gasteiger partial charge >= 0.3 is 10.2 Å². The average Bonchev–Trinajstić information content (AvgIpc) is 2.82. The Morgan fingerprint density at radius 1 is 1.26 bits per heavy atom. The monoisotopic (exact) mass is 299 g/mol. The highest BCUT2D eigenvalue weighted by Crippen LogP contribution is 2.21. The standard InChI is InChI=1S/C9H9N5O3S2/c1-7(15)14(9-12-5-6-18-9)19(16,17)13-8-10-3-2-4-11-8/h2-6H,1H3,(H,10,11,13). The van der Waals surface area contributed by atoms with Gasteiger partial charge in [0.15, 0.2) is 0 Å². The largest absolute Gasteiger partial charge is 0.334 e. The molecule has 2 heterocycles. The van der Waals surface area contributed by atoms with Crippen molar-refractivity contribution in [1.82, 2.24) is 15.0 Å². The van der Waals surface area contributed by atoms with E-state index in [-0.39, 0.29) is 11.1 Å². The van der Waals surface area contributed by atoms with Crippen molar-refractivity contribution in [3.63, 3.8) is 0 Å². The molecule has 10 heteroatoms. The van der Waals surface area contributed by atoms with Gasteiger partial charge in [0.1, 0.15) is 0 Å². The van der Waals surface area contributed by atoms with Gasteiger partial charge < -0.3 is 0 Å². The summed E-state index contributed by atoms with van der Waals surface area (Å²) in [5.41, 5.74) is 0. The molecular formula is C9H9N5O3S2. The van der Waals surface area contributed by atoms with Crippen molar-refractivity contribution in [2.45, 2.75) is 6.92 Å². The van der Waals surface area contributed by atoms with Crippen LogP contribution in [0, 0.1) is 0 Å². The van der Waals surface area contributed by atoms with Crippen LogP contribution in [0.1, 0.15) is 6.92 Å². The Hall–Kier alpha value is -2.07. The van der Waals surface area contributed by atoms with Gasteiger partial charge in [0.2, 0.25) is 17.0 Å². The third kappa shape index (κ3) is 3.03. The highest BCUT2D eigenvalue weighted by atomic mass is 32.2. The van der Waals surface area contributed by atoms with Crippen molar-refractivity contribution < 1.29 is 13.2 Å². The molecule has 2 aromatic rings. The van der Waals surface area contributed by atoms with Crippen LogP contribution < -0.4 is 9.03 Å². The van der Waals surface area contributed by atoms with Gasteiger partial charge in [-0.3, -0.25) is 4.79 Å². The summed E-state index contributed by atoms with van der Waals surface area (Å²) in [6.07, 6.45) is 4.17. The fourth-order valence-electron chi connectivity index (χ4n) is 1.24. The highest BCUT2D eigenvalue weighted by Gasteiger charge is 2.29. The van der Waals surface area contributed by atoms with Crippen molar-refractivity contribution >= 4 is 38.5 Å².